The number of nitrogens with zero attached hydrogens (tertiary/aromatic N) is 2. The number of hydrogen-bond donors (Lipinski definition) is 1. The lowest BCUT2D eigenvalue weighted by atomic mass is 10.2. The highest BCUT2D eigenvalue weighted by molar-refractivity contribution is 7.21. The highest BCUT2D eigenvalue weighted by Crippen LogP contribution is 2.33. The van der Waals surface area contributed by atoms with E-state index >= 15 is 0 Å². The number of nitrogens with one attached hydrogen (secondary N) is 1. The van der Waals surface area contributed by atoms with Crippen LogP contribution >= 0.6 is 22.9 Å². The van der Waals surface area contributed by atoms with Crippen LogP contribution in [0.1, 0.15) is 5.56 Å². The van der Waals surface area contributed by atoms with Gasteiger partial charge in [0, 0.05) is 29.5 Å². The summed E-state index contributed by atoms with van der Waals surface area (Å²) in [5, 5.41) is 4.87. The molecule has 19 heavy (non-hydrogen) atoms. The monoisotopic (exact) mass is 289 g/mol. The third-order valence-electron chi connectivity index (χ3n) is 2.81. The van der Waals surface area contributed by atoms with Gasteiger partial charge in [0.05, 0.1) is 10.2 Å². The number of aromatic nitrogens is 2. The summed E-state index contributed by atoms with van der Waals surface area (Å²) in [6.45, 7) is 0.757. The van der Waals surface area contributed by atoms with Crippen molar-refractivity contribution >= 4 is 33.2 Å². The zero-order valence-electron chi connectivity index (χ0n) is 10.4. The van der Waals surface area contributed by atoms with Crippen molar-refractivity contribution in [3.05, 3.63) is 47.2 Å². The fraction of sp³-hybridized carbons (Fsp3) is 0.143. The van der Waals surface area contributed by atoms with Crippen LogP contribution in [0, 0.1) is 0 Å². The van der Waals surface area contributed by atoms with E-state index in [9.17, 15) is 0 Å². The molecule has 0 aliphatic rings. The Labute approximate surface area is 120 Å². The fourth-order valence-corrected chi connectivity index (χ4v) is 3.35. The molecule has 0 bridgehead atoms. The number of halogens is 1. The summed E-state index contributed by atoms with van der Waals surface area (Å²) in [5.74, 6) is 0. The van der Waals surface area contributed by atoms with Crippen LogP contribution in [0.3, 0.4) is 0 Å². The first-order valence-corrected chi connectivity index (χ1v) is 7.11. The van der Waals surface area contributed by atoms with Crippen LogP contribution in [0.2, 0.25) is 5.02 Å². The molecular formula is C14H12ClN3S. The molecule has 0 atom stereocenters. The van der Waals surface area contributed by atoms with Gasteiger partial charge in [-0.15, -0.1) is 11.3 Å². The Bertz CT molecular complexity index is 709. The summed E-state index contributed by atoms with van der Waals surface area (Å²) in [4.78, 5) is 8.86. The van der Waals surface area contributed by atoms with Crippen molar-refractivity contribution in [2.45, 2.75) is 6.54 Å². The van der Waals surface area contributed by atoms with Gasteiger partial charge < -0.3 is 5.32 Å². The normalized spacial score (nSPS) is 11.1. The van der Waals surface area contributed by atoms with Gasteiger partial charge in [-0.05, 0) is 36.9 Å². The first-order chi connectivity index (χ1) is 9.28. The van der Waals surface area contributed by atoms with E-state index in [2.05, 4.69) is 10.3 Å². The minimum absolute atomic E-state index is 0.749. The van der Waals surface area contributed by atoms with Gasteiger partial charge in [-0.2, -0.15) is 0 Å². The van der Waals surface area contributed by atoms with Gasteiger partial charge in [0.15, 0.2) is 0 Å². The summed E-state index contributed by atoms with van der Waals surface area (Å²) in [6, 6.07) is 7.87. The van der Waals surface area contributed by atoms with E-state index in [0.717, 1.165) is 37.9 Å². The second-order valence-corrected chi connectivity index (χ2v) is 5.67. The predicted octanol–water partition coefficient (Wildman–Crippen LogP) is 3.73. The standard InChI is InChI=1S/C14H12ClN3S/c1-16-7-10-5-11(15)6-12-13(10)18-14(19-12)9-3-2-4-17-8-9/h2-6,8,16H,7H2,1H3. The summed E-state index contributed by atoms with van der Waals surface area (Å²) < 4.78 is 1.11. The molecule has 0 unspecified atom stereocenters. The Morgan fingerprint density at radius 2 is 2.26 bits per heavy atom. The maximum Gasteiger partial charge on any atom is 0.126 e. The number of fused-ring (bicyclic) bond motifs is 1. The molecule has 0 saturated heterocycles. The minimum atomic E-state index is 0.749. The van der Waals surface area contributed by atoms with Gasteiger partial charge in [-0.25, -0.2) is 4.98 Å². The molecule has 0 saturated carbocycles. The Kier molecular flexibility index (Phi) is 3.46. The molecule has 1 aromatic carbocycles. The van der Waals surface area contributed by atoms with Crippen LogP contribution in [0.4, 0.5) is 0 Å². The van der Waals surface area contributed by atoms with Crippen LogP contribution in [0.15, 0.2) is 36.7 Å². The molecule has 3 rings (SSSR count). The largest absolute Gasteiger partial charge is 0.316 e. The Hall–Kier alpha value is -1.49. The van der Waals surface area contributed by atoms with E-state index in [0.29, 0.717) is 0 Å². The number of pyridine rings is 1. The van der Waals surface area contributed by atoms with Crippen molar-refractivity contribution in [2.24, 2.45) is 0 Å². The minimum Gasteiger partial charge on any atom is -0.316 e. The van der Waals surface area contributed by atoms with Gasteiger partial charge >= 0.3 is 0 Å². The number of hydrogen-bond acceptors (Lipinski definition) is 4. The highest BCUT2D eigenvalue weighted by Gasteiger charge is 2.10. The van der Waals surface area contributed by atoms with Crippen molar-refractivity contribution in [3.8, 4) is 10.6 Å². The summed E-state index contributed by atoms with van der Waals surface area (Å²) in [5.41, 5.74) is 3.18. The molecule has 0 spiro atoms. The van der Waals surface area contributed by atoms with E-state index < -0.39 is 0 Å². The first kappa shape index (κ1) is 12.5. The van der Waals surface area contributed by atoms with Crippen LogP contribution in [-0.4, -0.2) is 17.0 Å². The Balaban J connectivity index is 2.17. The second kappa shape index (κ2) is 5.25. The lowest BCUT2D eigenvalue weighted by Crippen LogP contribution is -2.05. The van der Waals surface area contributed by atoms with Gasteiger partial charge in [-0.3, -0.25) is 4.98 Å². The third-order valence-corrected chi connectivity index (χ3v) is 4.08. The molecule has 1 N–H and O–H groups in total. The van der Waals surface area contributed by atoms with Crippen LogP contribution in [0.25, 0.3) is 20.8 Å². The zero-order valence-corrected chi connectivity index (χ0v) is 11.9. The molecule has 96 valence electrons. The van der Waals surface area contributed by atoms with Crippen molar-refractivity contribution in [1.82, 2.24) is 15.3 Å². The molecule has 0 amide bonds. The average molecular weight is 290 g/mol. The summed E-state index contributed by atoms with van der Waals surface area (Å²) in [6.07, 6.45) is 3.59. The van der Waals surface area contributed by atoms with Gasteiger partial charge in [0.25, 0.3) is 0 Å². The first-order valence-electron chi connectivity index (χ1n) is 5.92. The fourth-order valence-electron chi connectivity index (χ4n) is 2.00. The van der Waals surface area contributed by atoms with E-state index in [-0.39, 0.29) is 0 Å². The van der Waals surface area contributed by atoms with E-state index in [1.54, 1.807) is 17.5 Å². The smallest absolute Gasteiger partial charge is 0.126 e. The highest BCUT2D eigenvalue weighted by atomic mass is 35.5. The van der Waals surface area contributed by atoms with Crippen LogP contribution in [-0.2, 0) is 6.54 Å². The molecule has 2 heterocycles. The van der Waals surface area contributed by atoms with Crippen molar-refractivity contribution in [2.75, 3.05) is 7.05 Å². The molecular weight excluding hydrogens is 278 g/mol. The van der Waals surface area contributed by atoms with Crippen molar-refractivity contribution < 1.29 is 0 Å². The Morgan fingerprint density at radius 1 is 1.37 bits per heavy atom. The molecule has 0 fully saturated rings. The van der Waals surface area contributed by atoms with Crippen molar-refractivity contribution in [1.29, 1.82) is 0 Å². The molecule has 0 aliphatic heterocycles. The van der Waals surface area contributed by atoms with Gasteiger partial charge in [-0.1, -0.05) is 11.6 Å². The zero-order chi connectivity index (χ0) is 13.2. The molecule has 3 aromatic rings. The molecule has 5 heteroatoms. The van der Waals surface area contributed by atoms with Gasteiger partial charge in [0.2, 0.25) is 0 Å². The average Bonchev–Trinajstić information content (AvgIpc) is 2.84. The SMILES string of the molecule is CNCc1cc(Cl)cc2sc(-c3cccnc3)nc12. The summed E-state index contributed by atoms with van der Waals surface area (Å²) >= 11 is 7.79. The number of benzene rings is 1. The van der Waals surface area contributed by atoms with E-state index in [1.807, 2.05) is 37.5 Å². The molecule has 3 nitrogen and oxygen atoms in total. The van der Waals surface area contributed by atoms with E-state index in [4.69, 9.17) is 16.6 Å². The van der Waals surface area contributed by atoms with Gasteiger partial charge in [0.1, 0.15) is 5.01 Å². The summed E-state index contributed by atoms with van der Waals surface area (Å²) in [7, 11) is 1.92. The topological polar surface area (TPSA) is 37.8 Å². The quantitative estimate of drug-likeness (QED) is 0.798. The van der Waals surface area contributed by atoms with Crippen molar-refractivity contribution in [3.63, 3.8) is 0 Å². The van der Waals surface area contributed by atoms with E-state index in [1.165, 1.54) is 0 Å². The molecule has 2 aromatic heterocycles. The molecule has 0 radical (unpaired) electrons. The van der Waals surface area contributed by atoms with Crippen LogP contribution in [0.5, 0.6) is 0 Å². The lowest BCUT2D eigenvalue weighted by Gasteiger charge is -2.01. The maximum absolute atomic E-state index is 6.15. The maximum atomic E-state index is 6.15. The Morgan fingerprint density at radius 3 is 3.00 bits per heavy atom. The number of thiazole rings is 1. The second-order valence-electron chi connectivity index (χ2n) is 4.20. The lowest BCUT2D eigenvalue weighted by molar-refractivity contribution is 0.822. The number of rotatable bonds is 3. The third kappa shape index (κ3) is 2.47. The molecule has 0 aliphatic carbocycles. The predicted molar refractivity (Wildman–Crippen MR) is 80.6 cm³/mol. The van der Waals surface area contributed by atoms with Crippen LogP contribution < -0.4 is 5.32 Å².